The first-order valence-corrected chi connectivity index (χ1v) is 5.33. The molecule has 1 N–H and O–H groups in total. The summed E-state index contributed by atoms with van der Waals surface area (Å²) in [5, 5.41) is 15.0. The zero-order valence-corrected chi connectivity index (χ0v) is 8.16. The molecule has 14 heavy (non-hydrogen) atoms. The summed E-state index contributed by atoms with van der Waals surface area (Å²) in [6.45, 7) is 0.537. The molecule has 0 saturated heterocycles. The monoisotopic (exact) mass is 211 g/mol. The van der Waals surface area contributed by atoms with Crippen molar-refractivity contribution in [3.8, 4) is 5.75 Å². The van der Waals surface area contributed by atoms with Crippen LogP contribution in [-0.2, 0) is 4.84 Å². The largest absolute Gasteiger partial charge is 0.491 e. The van der Waals surface area contributed by atoms with Gasteiger partial charge in [0.05, 0.1) is 17.4 Å². The van der Waals surface area contributed by atoms with Gasteiger partial charge in [-0.3, -0.25) is 0 Å². The third-order valence-corrected chi connectivity index (χ3v) is 3.46. The maximum Gasteiger partial charge on any atom is 0.162 e. The van der Waals surface area contributed by atoms with Crippen LogP contribution in [0.5, 0.6) is 5.75 Å². The Hall–Kier alpha value is -1.07. The summed E-state index contributed by atoms with van der Waals surface area (Å²) in [5.74, 6) is 0.971. The number of oxime groups is 1. The number of nitrogens with zero attached hydrogens (tertiary/aromatic N) is 1. The molecular formula is C9H9NO3S. The van der Waals surface area contributed by atoms with E-state index in [4.69, 9.17) is 14.7 Å². The van der Waals surface area contributed by atoms with Crippen molar-refractivity contribution in [2.75, 3.05) is 13.2 Å². The standard InChI is InChI=1S/C9H9NO3S/c11-3-7-5-4-12-6-1-2-14-9(6)8(5)10-13-7/h1-2,5,7,11H,3-4H2. The van der Waals surface area contributed by atoms with Gasteiger partial charge in [0.25, 0.3) is 0 Å². The molecule has 2 atom stereocenters. The molecule has 0 aromatic carbocycles. The fourth-order valence-corrected chi connectivity index (χ4v) is 2.66. The first kappa shape index (κ1) is 8.26. The van der Waals surface area contributed by atoms with Gasteiger partial charge < -0.3 is 14.7 Å². The molecule has 0 aliphatic carbocycles. The Morgan fingerprint density at radius 1 is 1.64 bits per heavy atom. The second-order valence-electron chi connectivity index (χ2n) is 3.33. The van der Waals surface area contributed by atoms with E-state index >= 15 is 0 Å². The number of fused-ring (bicyclic) bond motifs is 3. The van der Waals surface area contributed by atoms with Crippen LogP contribution >= 0.6 is 11.3 Å². The molecule has 2 aliphatic rings. The molecule has 0 saturated carbocycles. The molecule has 4 nitrogen and oxygen atoms in total. The van der Waals surface area contributed by atoms with Crippen LogP contribution in [0, 0.1) is 5.92 Å². The lowest BCUT2D eigenvalue weighted by atomic mass is 9.96. The highest BCUT2D eigenvalue weighted by atomic mass is 32.1. The topological polar surface area (TPSA) is 51.0 Å². The smallest absolute Gasteiger partial charge is 0.162 e. The molecule has 5 heteroatoms. The highest BCUT2D eigenvalue weighted by Gasteiger charge is 2.39. The SMILES string of the molecule is OCC1ON=C2c3sccc3OCC21. The van der Waals surface area contributed by atoms with E-state index in [2.05, 4.69) is 5.16 Å². The van der Waals surface area contributed by atoms with Gasteiger partial charge in [-0.15, -0.1) is 11.3 Å². The van der Waals surface area contributed by atoms with Crippen molar-refractivity contribution >= 4 is 17.0 Å². The van der Waals surface area contributed by atoms with Gasteiger partial charge in [0.15, 0.2) is 6.10 Å². The number of hydrogen-bond donors (Lipinski definition) is 1. The highest BCUT2D eigenvalue weighted by molar-refractivity contribution is 7.12. The fraction of sp³-hybridized carbons (Fsp3) is 0.444. The molecule has 1 aromatic rings. The number of aliphatic hydroxyl groups is 1. The van der Waals surface area contributed by atoms with Gasteiger partial charge in [0.2, 0.25) is 0 Å². The van der Waals surface area contributed by atoms with Crippen molar-refractivity contribution < 1.29 is 14.7 Å². The van der Waals surface area contributed by atoms with Crippen LogP contribution in [0.25, 0.3) is 0 Å². The third-order valence-electron chi connectivity index (χ3n) is 2.55. The molecule has 3 heterocycles. The van der Waals surface area contributed by atoms with Crippen LogP contribution in [0.1, 0.15) is 4.88 Å². The number of thiophene rings is 1. The van der Waals surface area contributed by atoms with E-state index in [9.17, 15) is 0 Å². The number of ether oxygens (including phenoxy) is 1. The summed E-state index contributed by atoms with van der Waals surface area (Å²) < 4.78 is 5.55. The lowest BCUT2D eigenvalue weighted by molar-refractivity contribution is 0.00852. The maximum absolute atomic E-state index is 9.05. The molecular weight excluding hydrogens is 202 g/mol. The van der Waals surface area contributed by atoms with E-state index in [1.54, 1.807) is 11.3 Å². The van der Waals surface area contributed by atoms with Crippen LogP contribution in [-0.4, -0.2) is 30.1 Å². The van der Waals surface area contributed by atoms with E-state index in [0.29, 0.717) is 6.61 Å². The van der Waals surface area contributed by atoms with Crippen molar-refractivity contribution in [2.45, 2.75) is 6.10 Å². The lowest BCUT2D eigenvalue weighted by Crippen LogP contribution is -2.34. The molecule has 0 fully saturated rings. The predicted molar refractivity (Wildman–Crippen MR) is 51.8 cm³/mol. The van der Waals surface area contributed by atoms with Crippen LogP contribution < -0.4 is 4.74 Å². The first-order chi connectivity index (χ1) is 6.90. The quantitative estimate of drug-likeness (QED) is 0.749. The summed E-state index contributed by atoms with van der Waals surface area (Å²) in [6, 6.07) is 1.94. The average molecular weight is 211 g/mol. The minimum atomic E-state index is -0.236. The van der Waals surface area contributed by atoms with Crippen molar-refractivity contribution in [1.82, 2.24) is 0 Å². The van der Waals surface area contributed by atoms with Crippen molar-refractivity contribution in [1.29, 1.82) is 0 Å². The second-order valence-corrected chi connectivity index (χ2v) is 4.25. The van der Waals surface area contributed by atoms with Crippen LogP contribution in [0.15, 0.2) is 16.6 Å². The van der Waals surface area contributed by atoms with Gasteiger partial charge in [0, 0.05) is 0 Å². The predicted octanol–water partition coefficient (Wildman–Crippen LogP) is 0.852. The Kier molecular flexibility index (Phi) is 1.75. The van der Waals surface area contributed by atoms with Gasteiger partial charge in [-0.2, -0.15) is 0 Å². The molecule has 2 unspecified atom stereocenters. The highest BCUT2D eigenvalue weighted by Crippen LogP contribution is 2.36. The third kappa shape index (κ3) is 0.994. The molecule has 0 radical (unpaired) electrons. The molecule has 74 valence electrons. The zero-order valence-electron chi connectivity index (χ0n) is 7.34. The van der Waals surface area contributed by atoms with Crippen LogP contribution in [0.2, 0.25) is 0 Å². The molecule has 2 aliphatic heterocycles. The summed E-state index contributed by atoms with van der Waals surface area (Å²) in [7, 11) is 0. The first-order valence-electron chi connectivity index (χ1n) is 4.45. The van der Waals surface area contributed by atoms with Crippen LogP contribution in [0.4, 0.5) is 0 Å². The minimum absolute atomic E-state index is 0.0122. The van der Waals surface area contributed by atoms with E-state index < -0.39 is 0 Å². The summed E-state index contributed by atoms with van der Waals surface area (Å²) in [6.07, 6.45) is -0.236. The van der Waals surface area contributed by atoms with Crippen LogP contribution in [0.3, 0.4) is 0 Å². The fourth-order valence-electron chi connectivity index (χ4n) is 1.78. The van der Waals surface area contributed by atoms with E-state index in [1.807, 2.05) is 11.4 Å². The van der Waals surface area contributed by atoms with Gasteiger partial charge in [-0.05, 0) is 11.4 Å². The summed E-state index contributed by atoms with van der Waals surface area (Å²) in [5.41, 5.74) is 0.931. The summed E-state index contributed by atoms with van der Waals surface area (Å²) in [4.78, 5) is 6.18. The summed E-state index contributed by atoms with van der Waals surface area (Å²) >= 11 is 1.60. The zero-order chi connectivity index (χ0) is 9.54. The maximum atomic E-state index is 9.05. The second kappa shape index (κ2) is 2.96. The minimum Gasteiger partial charge on any atom is -0.491 e. The van der Waals surface area contributed by atoms with Crippen molar-refractivity contribution in [3.63, 3.8) is 0 Å². The number of hydrogen-bond acceptors (Lipinski definition) is 5. The Bertz CT molecular complexity index is 387. The molecule has 0 spiro atoms. The molecule has 1 aromatic heterocycles. The Labute approximate surface area is 84.8 Å². The Balaban J connectivity index is 2.00. The average Bonchev–Trinajstić information content (AvgIpc) is 2.82. The van der Waals surface area contributed by atoms with Crippen molar-refractivity contribution in [2.24, 2.45) is 11.1 Å². The van der Waals surface area contributed by atoms with E-state index in [-0.39, 0.29) is 18.6 Å². The lowest BCUT2D eigenvalue weighted by Gasteiger charge is -2.21. The molecule has 0 amide bonds. The normalized spacial score (nSPS) is 28.5. The number of aliphatic hydroxyl groups excluding tert-OH is 1. The van der Waals surface area contributed by atoms with Gasteiger partial charge in [0.1, 0.15) is 18.1 Å². The van der Waals surface area contributed by atoms with Gasteiger partial charge in [-0.25, -0.2) is 0 Å². The Morgan fingerprint density at radius 2 is 2.57 bits per heavy atom. The molecule has 0 bridgehead atoms. The van der Waals surface area contributed by atoms with Gasteiger partial charge >= 0.3 is 0 Å². The van der Waals surface area contributed by atoms with E-state index in [1.165, 1.54) is 0 Å². The van der Waals surface area contributed by atoms with Crippen molar-refractivity contribution in [3.05, 3.63) is 16.3 Å². The number of rotatable bonds is 1. The van der Waals surface area contributed by atoms with E-state index in [0.717, 1.165) is 16.3 Å². The van der Waals surface area contributed by atoms with Gasteiger partial charge in [-0.1, -0.05) is 5.16 Å². The Morgan fingerprint density at radius 3 is 3.43 bits per heavy atom. The molecule has 3 rings (SSSR count).